The van der Waals surface area contributed by atoms with Crippen molar-refractivity contribution >= 4 is 28.7 Å². The van der Waals surface area contributed by atoms with Crippen LogP contribution < -0.4 is 10.2 Å². The Bertz CT molecular complexity index is 1170. The van der Waals surface area contributed by atoms with Crippen molar-refractivity contribution in [3.63, 3.8) is 0 Å². The second-order valence-electron chi connectivity index (χ2n) is 8.59. The molecule has 0 unspecified atom stereocenters. The van der Waals surface area contributed by atoms with Gasteiger partial charge in [-0.15, -0.1) is 0 Å². The van der Waals surface area contributed by atoms with Crippen LogP contribution in [0.2, 0.25) is 0 Å². The molecule has 0 bridgehead atoms. The predicted octanol–water partition coefficient (Wildman–Crippen LogP) is 1.90. The van der Waals surface area contributed by atoms with Crippen molar-refractivity contribution in [1.29, 1.82) is 0 Å². The fraction of sp³-hybridized carbons (Fsp3) is 0.478. The molecule has 1 fully saturated rings. The van der Waals surface area contributed by atoms with Crippen molar-refractivity contribution in [2.24, 2.45) is 0 Å². The number of methoxy groups -OCH3 is 1. The number of anilines is 1. The van der Waals surface area contributed by atoms with E-state index in [1.54, 1.807) is 11.1 Å². The molecule has 2 aromatic heterocycles. The average Bonchev–Trinajstić information content (AvgIpc) is 3.42. The van der Waals surface area contributed by atoms with Gasteiger partial charge in [0.2, 0.25) is 5.91 Å². The maximum atomic E-state index is 12.8. The molecule has 10 nitrogen and oxygen atoms in total. The summed E-state index contributed by atoms with van der Waals surface area (Å²) in [6.07, 6.45) is 5.54. The summed E-state index contributed by atoms with van der Waals surface area (Å²) in [5.41, 5.74) is 3.57. The molecule has 1 aromatic carbocycles. The van der Waals surface area contributed by atoms with Gasteiger partial charge in [-0.3, -0.25) is 14.4 Å². The number of carbonyl (C=O) groups excluding carboxylic acids is 2. The number of carbonyl (C=O) groups is 2. The number of nitrogens with one attached hydrogen (secondary N) is 1. The molecule has 0 saturated carbocycles. The lowest BCUT2D eigenvalue weighted by atomic mass is 9.96. The van der Waals surface area contributed by atoms with Gasteiger partial charge >= 0.3 is 6.09 Å². The molecule has 3 aromatic rings. The third-order valence-corrected chi connectivity index (χ3v) is 6.39. The first-order valence-electron chi connectivity index (χ1n) is 11.3. The molecule has 1 atom stereocenters. The number of benzene rings is 1. The minimum Gasteiger partial charge on any atom is -0.452 e. The molecular weight excluding hydrogens is 424 g/mol. The fourth-order valence-corrected chi connectivity index (χ4v) is 4.60. The SMILES string of the molecule is COC(=O)N1c2ccc3c(nc(CCn4cccn4)n3CC(=O)NC3COC3)c2CC[C@@H]1C. The normalized spacial score (nSPS) is 18.1. The summed E-state index contributed by atoms with van der Waals surface area (Å²) < 4.78 is 14.0. The third kappa shape index (κ3) is 4.06. The quantitative estimate of drug-likeness (QED) is 0.613. The fourth-order valence-electron chi connectivity index (χ4n) is 4.60. The van der Waals surface area contributed by atoms with Gasteiger partial charge in [0.15, 0.2) is 0 Å². The Morgan fingerprint density at radius 2 is 2.15 bits per heavy atom. The molecule has 2 aliphatic heterocycles. The highest BCUT2D eigenvalue weighted by molar-refractivity contribution is 5.95. The molecule has 2 amide bonds. The molecule has 1 N–H and O–H groups in total. The molecule has 0 aliphatic carbocycles. The number of aromatic nitrogens is 4. The number of hydrogen-bond acceptors (Lipinski definition) is 6. The third-order valence-electron chi connectivity index (χ3n) is 6.39. The molecule has 5 rings (SSSR count). The van der Waals surface area contributed by atoms with Gasteiger partial charge < -0.3 is 19.4 Å². The summed E-state index contributed by atoms with van der Waals surface area (Å²) in [5.74, 6) is 0.752. The van der Waals surface area contributed by atoms with Crippen LogP contribution in [0.15, 0.2) is 30.6 Å². The Labute approximate surface area is 191 Å². The summed E-state index contributed by atoms with van der Waals surface area (Å²) in [7, 11) is 1.40. The van der Waals surface area contributed by atoms with Crippen molar-refractivity contribution in [1.82, 2.24) is 24.6 Å². The van der Waals surface area contributed by atoms with Crippen LogP contribution in [-0.4, -0.2) is 63.7 Å². The number of ether oxygens (including phenoxy) is 2. The van der Waals surface area contributed by atoms with Gasteiger partial charge in [0.25, 0.3) is 0 Å². The number of hydrogen-bond donors (Lipinski definition) is 1. The topological polar surface area (TPSA) is 104 Å². The van der Waals surface area contributed by atoms with Crippen LogP contribution in [-0.2, 0) is 40.2 Å². The monoisotopic (exact) mass is 452 g/mol. The first kappa shape index (κ1) is 21.4. The van der Waals surface area contributed by atoms with Crippen LogP contribution in [0.1, 0.15) is 24.7 Å². The highest BCUT2D eigenvalue weighted by atomic mass is 16.5. The summed E-state index contributed by atoms with van der Waals surface area (Å²) in [4.78, 5) is 31.9. The predicted molar refractivity (Wildman–Crippen MR) is 121 cm³/mol. The standard InChI is InChI=1S/C23H28N6O4/c1-15-4-5-17-18(29(15)23(31)32-2)6-7-19-22(17)26-20(8-11-27-10-3-9-24-27)28(19)12-21(30)25-16-13-33-14-16/h3,6-7,9-10,15-16H,4-5,8,11-14H2,1-2H3,(H,25,30)/t15-/m0/s1. The number of aryl methyl sites for hydroxylation is 3. The van der Waals surface area contributed by atoms with Gasteiger partial charge in [-0.05, 0) is 38.0 Å². The van der Waals surface area contributed by atoms with Crippen LogP contribution >= 0.6 is 0 Å². The van der Waals surface area contributed by atoms with Crippen molar-refractivity contribution in [2.45, 2.75) is 51.4 Å². The number of imidazole rings is 1. The van der Waals surface area contributed by atoms with Crippen molar-refractivity contribution < 1.29 is 19.1 Å². The number of rotatable bonds is 6. The highest BCUT2D eigenvalue weighted by Crippen LogP contribution is 2.36. The maximum absolute atomic E-state index is 12.8. The Morgan fingerprint density at radius 3 is 2.85 bits per heavy atom. The van der Waals surface area contributed by atoms with Crippen molar-refractivity contribution in [3.05, 3.63) is 42.0 Å². The van der Waals surface area contributed by atoms with E-state index in [1.807, 2.05) is 40.6 Å². The minimum absolute atomic E-state index is 0.0410. The lowest BCUT2D eigenvalue weighted by Crippen LogP contribution is -2.49. The van der Waals surface area contributed by atoms with Crippen LogP contribution in [0, 0.1) is 0 Å². The van der Waals surface area contributed by atoms with Gasteiger partial charge in [0.05, 0.1) is 43.1 Å². The summed E-state index contributed by atoms with van der Waals surface area (Å²) in [6, 6.07) is 5.89. The zero-order valence-corrected chi connectivity index (χ0v) is 18.9. The Kier molecular flexibility index (Phi) is 5.76. The van der Waals surface area contributed by atoms with E-state index >= 15 is 0 Å². The van der Waals surface area contributed by atoms with E-state index in [4.69, 9.17) is 14.5 Å². The number of amides is 2. The molecular formula is C23H28N6O4. The summed E-state index contributed by atoms with van der Waals surface area (Å²) in [6.45, 7) is 3.96. The van der Waals surface area contributed by atoms with Crippen LogP contribution in [0.3, 0.4) is 0 Å². The molecule has 174 valence electrons. The lowest BCUT2D eigenvalue weighted by Gasteiger charge is -2.34. The van der Waals surface area contributed by atoms with Gasteiger partial charge in [-0.25, -0.2) is 9.78 Å². The first-order chi connectivity index (χ1) is 16.0. The molecule has 0 spiro atoms. The van der Waals surface area contributed by atoms with E-state index in [0.29, 0.717) is 26.2 Å². The smallest absolute Gasteiger partial charge is 0.414 e. The lowest BCUT2D eigenvalue weighted by molar-refractivity contribution is -0.125. The van der Waals surface area contributed by atoms with Crippen LogP contribution in [0.25, 0.3) is 11.0 Å². The zero-order valence-electron chi connectivity index (χ0n) is 18.9. The Hall–Kier alpha value is -3.40. The Balaban J connectivity index is 1.53. The molecule has 10 heteroatoms. The second kappa shape index (κ2) is 8.86. The number of fused-ring (bicyclic) bond motifs is 3. The van der Waals surface area contributed by atoms with E-state index in [9.17, 15) is 9.59 Å². The summed E-state index contributed by atoms with van der Waals surface area (Å²) >= 11 is 0. The van der Waals surface area contributed by atoms with E-state index in [0.717, 1.165) is 41.0 Å². The first-order valence-corrected chi connectivity index (χ1v) is 11.3. The van der Waals surface area contributed by atoms with Crippen LogP contribution in [0.4, 0.5) is 10.5 Å². The van der Waals surface area contributed by atoms with Crippen molar-refractivity contribution in [3.8, 4) is 0 Å². The molecule has 2 aliphatic rings. The summed E-state index contributed by atoms with van der Waals surface area (Å²) in [5, 5.41) is 7.29. The zero-order chi connectivity index (χ0) is 22.9. The van der Waals surface area contributed by atoms with E-state index in [2.05, 4.69) is 10.4 Å². The second-order valence-corrected chi connectivity index (χ2v) is 8.59. The average molecular weight is 453 g/mol. The molecule has 0 radical (unpaired) electrons. The van der Waals surface area contributed by atoms with Gasteiger partial charge in [-0.1, -0.05) is 0 Å². The van der Waals surface area contributed by atoms with Gasteiger partial charge in [-0.2, -0.15) is 5.10 Å². The number of nitrogens with zero attached hydrogens (tertiary/aromatic N) is 5. The largest absolute Gasteiger partial charge is 0.452 e. The van der Waals surface area contributed by atoms with Crippen LogP contribution in [0.5, 0.6) is 0 Å². The van der Waals surface area contributed by atoms with E-state index in [1.165, 1.54) is 7.11 Å². The molecule has 1 saturated heterocycles. The van der Waals surface area contributed by atoms with Crippen molar-refractivity contribution in [2.75, 3.05) is 25.2 Å². The molecule has 33 heavy (non-hydrogen) atoms. The molecule has 4 heterocycles. The van der Waals surface area contributed by atoms with E-state index < -0.39 is 0 Å². The van der Waals surface area contributed by atoms with Gasteiger partial charge in [0, 0.05) is 37.0 Å². The minimum atomic E-state index is -0.372. The highest BCUT2D eigenvalue weighted by Gasteiger charge is 2.31. The Morgan fingerprint density at radius 1 is 1.30 bits per heavy atom. The van der Waals surface area contributed by atoms with Gasteiger partial charge in [0.1, 0.15) is 12.4 Å². The maximum Gasteiger partial charge on any atom is 0.414 e. The van der Waals surface area contributed by atoms with E-state index in [-0.39, 0.29) is 30.6 Å².